The number of hydrogen-bond acceptors (Lipinski definition) is 7. The predicted molar refractivity (Wildman–Crippen MR) is 76.3 cm³/mol. The topological polar surface area (TPSA) is 146 Å². The van der Waals surface area contributed by atoms with Crippen LogP contribution in [0.2, 0.25) is 0 Å². The molecule has 0 saturated heterocycles. The van der Waals surface area contributed by atoms with Crippen LogP contribution in [0, 0.1) is 30.3 Å². The smallest absolute Gasteiger partial charge is 0.280 e. The molecule has 0 N–H and O–H groups in total. The van der Waals surface area contributed by atoms with Crippen LogP contribution in [0.5, 0.6) is 0 Å². The number of carbonyl (C=O) groups is 1. The molecule has 0 bridgehead atoms. The molecule has 0 aromatic heterocycles. The number of rotatable bonds is 5. The monoisotopic (exact) mass is 317 g/mol. The van der Waals surface area contributed by atoms with E-state index in [0.29, 0.717) is 6.07 Å². The molecule has 0 spiro atoms. The highest BCUT2D eigenvalue weighted by atomic mass is 16.6. The zero-order chi connectivity index (χ0) is 17.1. The molecule has 0 aliphatic rings. The molecule has 2 aromatic rings. The Morgan fingerprint density at radius 1 is 0.783 bits per heavy atom. The third kappa shape index (κ3) is 3.15. The Morgan fingerprint density at radius 3 is 1.78 bits per heavy atom. The van der Waals surface area contributed by atoms with Gasteiger partial charge in [-0.05, 0) is 6.07 Å². The lowest BCUT2D eigenvalue weighted by atomic mass is 10.0. The number of benzene rings is 2. The third-order valence-corrected chi connectivity index (χ3v) is 2.93. The lowest BCUT2D eigenvalue weighted by Gasteiger charge is -2.03. The maximum absolute atomic E-state index is 12.4. The van der Waals surface area contributed by atoms with Crippen molar-refractivity contribution >= 4 is 22.8 Å². The van der Waals surface area contributed by atoms with Gasteiger partial charge < -0.3 is 0 Å². The van der Waals surface area contributed by atoms with Crippen LogP contribution in [0.25, 0.3) is 0 Å². The number of nitro groups is 3. The molecule has 0 aliphatic heterocycles. The summed E-state index contributed by atoms with van der Waals surface area (Å²) in [5.41, 5.74) is -2.48. The zero-order valence-electron chi connectivity index (χ0n) is 11.2. The van der Waals surface area contributed by atoms with Crippen molar-refractivity contribution in [3.05, 3.63) is 83.9 Å². The van der Waals surface area contributed by atoms with Crippen LogP contribution in [0.4, 0.5) is 17.1 Å². The van der Waals surface area contributed by atoms with Gasteiger partial charge in [-0.15, -0.1) is 0 Å². The van der Waals surface area contributed by atoms with Crippen molar-refractivity contribution < 1.29 is 19.6 Å². The average molecular weight is 317 g/mol. The van der Waals surface area contributed by atoms with Gasteiger partial charge in [0, 0.05) is 23.8 Å². The number of hydrogen-bond donors (Lipinski definition) is 0. The van der Waals surface area contributed by atoms with E-state index >= 15 is 0 Å². The summed E-state index contributed by atoms with van der Waals surface area (Å²) in [6.45, 7) is 0. The van der Waals surface area contributed by atoms with Crippen LogP contribution in [0.1, 0.15) is 15.9 Å². The van der Waals surface area contributed by atoms with Crippen molar-refractivity contribution in [2.75, 3.05) is 0 Å². The van der Waals surface area contributed by atoms with E-state index in [1.165, 1.54) is 18.2 Å². The molecule has 10 heteroatoms. The number of carbonyl (C=O) groups excluding carboxylic acids is 1. The maximum Gasteiger partial charge on any atom is 0.280 e. The normalized spacial score (nSPS) is 10.1. The molecular formula is C13H7N3O7. The summed E-state index contributed by atoms with van der Waals surface area (Å²) in [6, 6.07) is 7.38. The van der Waals surface area contributed by atoms with Gasteiger partial charge in [-0.1, -0.05) is 12.1 Å². The number of non-ortho nitro benzene ring substituents is 2. The first-order valence-corrected chi connectivity index (χ1v) is 6.03. The van der Waals surface area contributed by atoms with Gasteiger partial charge in [0.2, 0.25) is 0 Å². The minimum atomic E-state index is -0.913. The van der Waals surface area contributed by atoms with Gasteiger partial charge in [-0.2, -0.15) is 0 Å². The van der Waals surface area contributed by atoms with Gasteiger partial charge in [-0.25, -0.2) is 0 Å². The van der Waals surface area contributed by atoms with E-state index in [2.05, 4.69) is 0 Å². The zero-order valence-corrected chi connectivity index (χ0v) is 11.2. The van der Waals surface area contributed by atoms with E-state index in [1.807, 2.05) is 0 Å². The Bertz CT molecular complexity index is 815. The molecule has 0 heterocycles. The third-order valence-electron chi connectivity index (χ3n) is 2.93. The van der Waals surface area contributed by atoms with E-state index in [-0.39, 0.29) is 11.1 Å². The first-order valence-electron chi connectivity index (χ1n) is 6.03. The number of ketones is 1. The Morgan fingerprint density at radius 2 is 1.30 bits per heavy atom. The van der Waals surface area contributed by atoms with Crippen molar-refractivity contribution in [2.45, 2.75) is 0 Å². The highest BCUT2D eigenvalue weighted by molar-refractivity contribution is 6.12. The molecule has 10 nitrogen and oxygen atoms in total. The van der Waals surface area contributed by atoms with Gasteiger partial charge >= 0.3 is 0 Å². The first-order chi connectivity index (χ1) is 10.8. The van der Waals surface area contributed by atoms with Gasteiger partial charge in [0.15, 0.2) is 5.78 Å². The molecule has 0 atom stereocenters. The number of nitro benzene ring substituents is 3. The minimum absolute atomic E-state index is 0.313. The summed E-state index contributed by atoms with van der Waals surface area (Å²) in [5, 5.41) is 32.6. The summed E-state index contributed by atoms with van der Waals surface area (Å²) in [4.78, 5) is 42.4. The summed E-state index contributed by atoms with van der Waals surface area (Å²) in [6.07, 6.45) is 0. The highest BCUT2D eigenvalue weighted by Crippen LogP contribution is 2.27. The van der Waals surface area contributed by atoms with Crippen molar-refractivity contribution in [1.82, 2.24) is 0 Å². The summed E-state index contributed by atoms with van der Waals surface area (Å²) in [7, 11) is 0. The second kappa shape index (κ2) is 5.97. The second-order valence-corrected chi connectivity index (χ2v) is 4.36. The molecule has 0 fully saturated rings. The Hall–Kier alpha value is -3.69. The Kier molecular flexibility index (Phi) is 4.07. The fourth-order valence-corrected chi connectivity index (χ4v) is 1.92. The summed E-state index contributed by atoms with van der Waals surface area (Å²) < 4.78 is 0. The molecule has 116 valence electrons. The number of nitrogens with zero attached hydrogens (tertiary/aromatic N) is 3. The molecule has 0 aliphatic carbocycles. The Labute approximate surface area is 127 Å². The van der Waals surface area contributed by atoms with E-state index in [0.717, 1.165) is 18.2 Å². The van der Waals surface area contributed by atoms with Crippen molar-refractivity contribution in [1.29, 1.82) is 0 Å². The summed E-state index contributed by atoms with van der Waals surface area (Å²) in [5.74, 6) is -0.913. The SMILES string of the molecule is O=C(c1cc([N+](=O)[O-])cc([N+](=O)[O-])c1)c1ccccc1[N+](=O)[O-]. The lowest BCUT2D eigenvalue weighted by molar-refractivity contribution is -0.394. The van der Waals surface area contributed by atoms with Crippen LogP contribution in [0.3, 0.4) is 0 Å². The van der Waals surface area contributed by atoms with Gasteiger partial charge in [0.05, 0.1) is 20.8 Å². The van der Waals surface area contributed by atoms with E-state index in [9.17, 15) is 35.1 Å². The van der Waals surface area contributed by atoms with E-state index < -0.39 is 37.6 Å². The van der Waals surface area contributed by atoms with Crippen LogP contribution < -0.4 is 0 Å². The molecule has 23 heavy (non-hydrogen) atoms. The van der Waals surface area contributed by atoms with Gasteiger partial charge in [-0.3, -0.25) is 35.1 Å². The van der Waals surface area contributed by atoms with Gasteiger partial charge in [0.25, 0.3) is 17.1 Å². The standard InChI is InChI=1S/C13H7N3O7/c17-13(11-3-1-2-4-12(11)16(22)23)8-5-9(14(18)19)7-10(6-8)15(20)21/h1-7H. The summed E-state index contributed by atoms with van der Waals surface area (Å²) >= 11 is 0. The molecule has 0 radical (unpaired) electrons. The highest BCUT2D eigenvalue weighted by Gasteiger charge is 2.25. The molecule has 0 unspecified atom stereocenters. The van der Waals surface area contributed by atoms with Crippen LogP contribution in [-0.2, 0) is 0 Å². The van der Waals surface area contributed by atoms with E-state index in [1.54, 1.807) is 0 Å². The van der Waals surface area contributed by atoms with Crippen molar-refractivity contribution in [3.8, 4) is 0 Å². The predicted octanol–water partition coefficient (Wildman–Crippen LogP) is 2.64. The number of para-hydroxylation sites is 1. The van der Waals surface area contributed by atoms with Crippen molar-refractivity contribution in [3.63, 3.8) is 0 Å². The first kappa shape index (κ1) is 15.7. The molecule has 0 saturated carbocycles. The largest absolute Gasteiger partial charge is 0.288 e. The quantitative estimate of drug-likeness (QED) is 0.467. The van der Waals surface area contributed by atoms with E-state index in [4.69, 9.17) is 0 Å². The minimum Gasteiger partial charge on any atom is -0.288 e. The lowest BCUT2D eigenvalue weighted by Crippen LogP contribution is -2.06. The van der Waals surface area contributed by atoms with Gasteiger partial charge in [0.1, 0.15) is 5.56 Å². The fraction of sp³-hybridized carbons (Fsp3) is 0. The fourth-order valence-electron chi connectivity index (χ4n) is 1.92. The Balaban J connectivity index is 2.62. The molecule has 2 aromatic carbocycles. The van der Waals surface area contributed by atoms with Crippen LogP contribution in [-0.4, -0.2) is 20.6 Å². The molecule has 0 amide bonds. The second-order valence-electron chi connectivity index (χ2n) is 4.36. The average Bonchev–Trinajstić information content (AvgIpc) is 2.53. The van der Waals surface area contributed by atoms with Crippen LogP contribution in [0.15, 0.2) is 42.5 Å². The molecular weight excluding hydrogens is 310 g/mol. The molecule has 2 rings (SSSR count). The van der Waals surface area contributed by atoms with Crippen LogP contribution >= 0.6 is 0 Å². The van der Waals surface area contributed by atoms with Crippen molar-refractivity contribution in [2.24, 2.45) is 0 Å². The maximum atomic E-state index is 12.4.